The van der Waals surface area contributed by atoms with Crippen molar-refractivity contribution in [3.8, 4) is 0 Å². The second-order valence-corrected chi connectivity index (χ2v) is 6.88. The maximum Gasteiger partial charge on any atom is 0.237 e. The van der Waals surface area contributed by atoms with Crippen LogP contribution in [0.15, 0.2) is 35.2 Å². The van der Waals surface area contributed by atoms with Crippen molar-refractivity contribution in [3.05, 3.63) is 47.6 Å². The lowest BCUT2D eigenvalue weighted by Gasteiger charge is -2.35. The van der Waals surface area contributed by atoms with E-state index in [0.717, 1.165) is 12.1 Å². The number of rotatable bonds is 7. The highest BCUT2D eigenvalue weighted by Crippen LogP contribution is 2.15. The molecule has 2 heterocycles. The van der Waals surface area contributed by atoms with Gasteiger partial charge in [-0.3, -0.25) is 14.5 Å². The standard InChI is InChI=1S/C19H25N5O3/c1-14-3-5-15(6-4-14)12-24-10-8-20-19(26)16(24)11-18(25)23(2)9-7-17-21-13-27-22-17/h3-6,13,16H,7-12H2,1-2H3,(H,20,26)/t16-/m1/s1. The van der Waals surface area contributed by atoms with E-state index < -0.39 is 6.04 Å². The third kappa shape index (κ3) is 5.13. The van der Waals surface area contributed by atoms with Gasteiger partial charge in [-0.25, -0.2) is 0 Å². The molecule has 1 aliphatic rings. The molecule has 0 aliphatic carbocycles. The third-order valence-corrected chi connectivity index (χ3v) is 4.82. The van der Waals surface area contributed by atoms with Gasteiger partial charge in [-0.05, 0) is 12.5 Å². The van der Waals surface area contributed by atoms with Crippen LogP contribution >= 0.6 is 0 Å². The number of benzene rings is 1. The van der Waals surface area contributed by atoms with Gasteiger partial charge in [0, 0.05) is 39.6 Å². The smallest absolute Gasteiger partial charge is 0.237 e. The Hall–Kier alpha value is -2.74. The molecule has 1 atom stereocenters. The maximum atomic E-state index is 12.6. The molecule has 8 heteroatoms. The Morgan fingerprint density at radius 3 is 2.85 bits per heavy atom. The average Bonchev–Trinajstić information content (AvgIpc) is 3.18. The molecule has 2 aromatic rings. The largest absolute Gasteiger partial charge is 0.353 e. The van der Waals surface area contributed by atoms with Crippen LogP contribution in [0.25, 0.3) is 0 Å². The summed E-state index contributed by atoms with van der Waals surface area (Å²) in [4.78, 5) is 32.7. The molecule has 144 valence electrons. The van der Waals surface area contributed by atoms with Gasteiger partial charge in [-0.2, -0.15) is 4.98 Å². The van der Waals surface area contributed by atoms with Gasteiger partial charge in [0.05, 0.1) is 12.5 Å². The zero-order valence-electron chi connectivity index (χ0n) is 15.7. The van der Waals surface area contributed by atoms with Crippen LogP contribution in [-0.4, -0.2) is 64.5 Å². The van der Waals surface area contributed by atoms with Gasteiger partial charge in [0.2, 0.25) is 18.2 Å². The van der Waals surface area contributed by atoms with Gasteiger partial charge < -0.3 is 14.7 Å². The summed E-state index contributed by atoms with van der Waals surface area (Å²) in [6.45, 7) is 4.50. The fraction of sp³-hybridized carbons (Fsp3) is 0.474. The topological polar surface area (TPSA) is 91.6 Å². The van der Waals surface area contributed by atoms with Crippen LogP contribution in [0.3, 0.4) is 0 Å². The summed E-state index contributed by atoms with van der Waals surface area (Å²) in [5.41, 5.74) is 2.34. The lowest BCUT2D eigenvalue weighted by Crippen LogP contribution is -2.56. The second kappa shape index (κ2) is 8.77. The number of likely N-dealkylation sites (N-methyl/N-ethyl adjacent to an activating group) is 1. The number of piperazine rings is 1. The van der Waals surface area contributed by atoms with Gasteiger partial charge in [0.25, 0.3) is 0 Å². The van der Waals surface area contributed by atoms with Crippen LogP contribution in [0.4, 0.5) is 0 Å². The van der Waals surface area contributed by atoms with E-state index in [4.69, 9.17) is 4.52 Å². The lowest BCUT2D eigenvalue weighted by atomic mass is 10.1. The van der Waals surface area contributed by atoms with Crippen molar-refractivity contribution >= 4 is 11.8 Å². The molecular formula is C19H25N5O3. The van der Waals surface area contributed by atoms with Crippen LogP contribution in [0.2, 0.25) is 0 Å². The number of carbonyl (C=O) groups is 2. The van der Waals surface area contributed by atoms with Crippen molar-refractivity contribution in [2.45, 2.75) is 32.4 Å². The monoisotopic (exact) mass is 371 g/mol. The molecular weight excluding hydrogens is 346 g/mol. The Morgan fingerprint density at radius 2 is 2.15 bits per heavy atom. The van der Waals surface area contributed by atoms with E-state index in [1.54, 1.807) is 11.9 Å². The Bertz CT molecular complexity index is 760. The molecule has 1 aliphatic heterocycles. The fourth-order valence-electron chi connectivity index (χ4n) is 3.12. The predicted octanol–water partition coefficient (Wildman–Crippen LogP) is 0.770. The van der Waals surface area contributed by atoms with Crippen LogP contribution in [0.1, 0.15) is 23.4 Å². The first-order chi connectivity index (χ1) is 13.0. The molecule has 0 spiro atoms. The Balaban J connectivity index is 1.59. The summed E-state index contributed by atoms with van der Waals surface area (Å²) in [7, 11) is 1.73. The molecule has 0 bridgehead atoms. The first kappa shape index (κ1) is 19.0. The van der Waals surface area contributed by atoms with Crippen molar-refractivity contribution in [2.75, 3.05) is 26.7 Å². The van der Waals surface area contributed by atoms with E-state index in [-0.39, 0.29) is 18.2 Å². The van der Waals surface area contributed by atoms with Crippen molar-refractivity contribution in [3.63, 3.8) is 0 Å². The van der Waals surface area contributed by atoms with Gasteiger partial charge in [0.15, 0.2) is 5.82 Å². The molecule has 1 fully saturated rings. The zero-order valence-corrected chi connectivity index (χ0v) is 15.7. The summed E-state index contributed by atoms with van der Waals surface area (Å²) < 4.78 is 4.70. The highest BCUT2D eigenvalue weighted by atomic mass is 16.5. The number of aryl methyl sites for hydroxylation is 1. The number of nitrogens with one attached hydrogen (secondary N) is 1. The SMILES string of the molecule is Cc1ccc(CN2CCNC(=O)[C@H]2CC(=O)N(C)CCc2ncon2)cc1. The van der Waals surface area contributed by atoms with Gasteiger partial charge in [-0.1, -0.05) is 35.0 Å². The molecule has 1 aromatic heterocycles. The minimum Gasteiger partial charge on any atom is -0.353 e. The Kier molecular flexibility index (Phi) is 6.18. The van der Waals surface area contributed by atoms with Crippen LogP contribution in [-0.2, 0) is 22.6 Å². The molecule has 3 rings (SSSR count). The van der Waals surface area contributed by atoms with E-state index in [1.165, 1.54) is 12.0 Å². The molecule has 1 aromatic carbocycles. The molecule has 27 heavy (non-hydrogen) atoms. The summed E-state index contributed by atoms with van der Waals surface area (Å²) >= 11 is 0. The molecule has 1 saturated heterocycles. The normalized spacial score (nSPS) is 17.6. The minimum absolute atomic E-state index is 0.0746. The van der Waals surface area contributed by atoms with Crippen LogP contribution in [0.5, 0.6) is 0 Å². The molecule has 8 nitrogen and oxygen atoms in total. The van der Waals surface area contributed by atoms with Crippen LogP contribution < -0.4 is 5.32 Å². The zero-order chi connectivity index (χ0) is 19.2. The van der Waals surface area contributed by atoms with Crippen LogP contribution in [0, 0.1) is 6.92 Å². The highest BCUT2D eigenvalue weighted by Gasteiger charge is 2.32. The van der Waals surface area contributed by atoms with E-state index in [2.05, 4.69) is 44.6 Å². The van der Waals surface area contributed by atoms with Crippen molar-refractivity contribution in [1.82, 2.24) is 25.3 Å². The number of nitrogens with zero attached hydrogens (tertiary/aromatic N) is 4. The summed E-state index contributed by atoms with van der Waals surface area (Å²) in [5.74, 6) is 0.397. The number of hydrogen-bond acceptors (Lipinski definition) is 6. The Labute approximate surface area is 158 Å². The molecule has 0 saturated carbocycles. The predicted molar refractivity (Wildman–Crippen MR) is 98.6 cm³/mol. The van der Waals surface area contributed by atoms with Gasteiger partial charge in [-0.15, -0.1) is 0 Å². The highest BCUT2D eigenvalue weighted by molar-refractivity contribution is 5.88. The number of carbonyl (C=O) groups excluding carboxylic acids is 2. The molecule has 0 radical (unpaired) electrons. The lowest BCUT2D eigenvalue weighted by molar-refractivity contribution is -0.138. The second-order valence-electron chi connectivity index (χ2n) is 6.88. The third-order valence-electron chi connectivity index (χ3n) is 4.82. The van der Waals surface area contributed by atoms with Gasteiger partial charge in [0.1, 0.15) is 0 Å². The maximum absolute atomic E-state index is 12.6. The fourth-order valence-corrected chi connectivity index (χ4v) is 3.12. The quantitative estimate of drug-likeness (QED) is 0.773. The number of hydrogen-bond donors (Lipinski definition) is 1. The van der Waals surface area contributed by atoms with Crippen molar-refractivity contribution in [1.29, 1.82) is 0 Å². The molecule has 2 amide bonds. The van der Waals surface area contributed by atoms with E-state index >= 15 is 0 Å². The van der Waals surface area contributed by atoms with Gasteiger partial charge >= 0.3 is 0 Å². The first-order valence-electron chi connectivity index (χ1n) is 9.09. The van der Waals surface area contributed by atoms with E-state index in [1.807, 2.05) is 6.92 Å². The Morgan fingerprint density at radius 1 is 1.37 bits per heavy atom. The first-order valence-corrected chi connectivity index (χ1v) is 9.09. The molecule has 1 N–H and O–H groups in total. The summed E-state index contributed by atoms with van der Waals surface area (Å²) in [6.07, 6.45) is 1.94. The summed E-state index contributed by atoms with van der Waals surface area (Å²) in [5, 5.41) is 6.62. The number of aromatic nitrogens is 2. The summed E-state index contributed by atoms with van der Waals surface area (Å²) in [6, 6.07) is 7.80. The molecule has 0 unspecified atom stereocenters. The van der Waals surface area contributed by atoms with E-state index in [0.29, 0.717) is 31.9 Å². The average molecular weight is 371 g/mol. The van der Waals surface area contributed by atoms with Crippen molar-refractivity contribution < 1.29 is 14.1 Å². The minimum atomic E-state index is -0.458. The van der Waals surface area contributed by atoms with Crippen molar-refractivity contribution in [2.24, 2.45) is 0 Å². The van der Waals surface area contributed by atoms with E-state index in [9.17, 15) is 9.59 Å². The number of amides is 2.